The lowest BCUT2D eigenvalue weighted by atomic mass is 9.96. The summed E-state index contributed by atoms with van der Waals surface area (Å²) in [4.78, 5) is 4.18. The summed E-state index contributed by atoms with van der Waals surface area (Å²) in [5.41, 5.74) is 4.50. The van der Waals surface area contributed by atoms with Gasteiger partial charge in [-0.15, -0.1) is 0 Å². The molecule has 1 aromatic heterocycles. The van der Waals surface area contributed by atoms with Crippen LogP contribution in [-0.2, 0) is 7.05 Å². The van der Waals surface area contributed by atoms with E-state index in [0.29, 0.717) is 0 Å². The Bertz CT molecular complexity index is 804. The maximum Gasteiger partial charge on any atom is 0.239 e. The van der Waals surface area contributed by atoms with Crippen molar-refractivity contribution < 1.29 is 4.57 Å². The van der Waals surface area contributed by atoms with E-state index in [-0.39, 0.29) is 0 Å². The molecule has 0 radical (unpaired) electrons. The maximum atomic E-state index is 4.18. The lowest BCUT2D eigenvalue weighted by Gasteiger charge is -2.10. The minimum absolute atomic E-state index is 0.912. The van der Waals surface area contributed by atoms with Crippen molar-refractivity contribution in [1.82, 2.24) is 0 Å². The van der Waals surface area contributed by atoms with Gasteiger partial charge in [-0.05, 0) is 36.0 Å². The molecule has 0 spiro atoms. The van der Waals surface area contributed by atoms with Crippen LogP contribution in [0, 0.1) is 6.92 Å². The number of aryl methyl sites for hydroxylation is 2. The van der Waals surface area contributed by atoms with Gasteiger partial charge in [0.1, 0.15) is 12.7 Å². The molecule has 0 N–H and O–H groups in total. The number of aliphatic imine (C=N–C) groups is 1. The summed E-state index contributed by atoms with van der Waals surface area (Å²) in [6.07, 6.45) is 2.05. The minimum atomic E-state index is 0.912. The van der Waals surface area contributed by atoms with Crippen LogP contribution in [0.1, 0.15) is 5.56 Å². The quantitative estimate of drug-likeness (QED) is 0.490. The first kappa shape index (κ1) is 12.5. The van der Waals surface area contributed by atoms with E-state index in [9.17, 15) is 0 Å². The summed E-state index contributed by atoms with van der Waals surface area (Å²) in [5.74, 6) is 0. The van der Waals surface area contributed by atoms with Gasteiger partial charge >= 0.3 is 0 Å². The van der Waals surface area contributed by atoms with Crippen LogP contribution < -0.4 is 4.57 Å². The van der Waals surface area contributed by atoms with Crippen molar-refractivity contribution >= 4 is 23.2 Å². The standard InChI is InChI=1S/C18H17N2/c1-13-10-11-14-7-4-5-8-15(14)17(13)18-16(19-2)9-6-12-20(18)3/h4-12H,2H2,1,3H3/q+1. The molecule has 2 aromatic carbocycles. The van der Waals surface area contributed by atoms with Crippen molar-refractivity contribution in [2.24, 2.45) is 12.0 Å². The van der Waals surface area contributed by atoms with E-state index in [0.717, 1.165) is 11.4 Å². The Hall–Kier alpha value is -2.48. The van der Waals surface area contributed by atoms with Crippen LogP contribution in [0.25, 0.3) is 22.0 Å². The summed E-state index contributed by atoms with van der Waals surface area (Å²) in [7, 11) is 2.05. The molecule has 3 rings (SSSR count). The Balaban J connectivity index is 2.47. The van der Waals surface area contributed by atoms with Crippen molar-refractivity contribution in [2.45, 2.75) is 6.92 Å². The van der Waals surface area contributed by atoms with Gasteiger partial charge in [-0.25, -0.2) is 0 Å². The average Bonchev–Trinajstić information content (AvgIpc) is 2.48. The Morgan fingerprint density at radius 2 is 1.80 bits per heavy atom. The Morgan fingerprint density at radius 3 is 2.60 bits per heavy atom. The predicted molar refractivity (Wildman–Crippen MR) is 84.5 cm³/mol. The summed E-state index contributed by atoms with van der Waals surface area (Å²) >= 11 is 0. The fraction of sp³-hybridized carbons (Fsp3) is 0.111. The molecular weight excluding hydrogens is 244 g/mol. The average molecular weight is 261 g/mol. The Kier molecular flexibility index (Phi) is 3.07. The largest absolute Gasteiger partial charge is 0.258 e. The van der Waals surface area contributed by atoms with Crippen LogP contribution in [-0.4, -0.2) is 6.72 Å². The molecule has 0 bridgehead atoms. The van der Waals surface area contributed by atoms with Gasteiger partial charge in [0.2, 0.25) is 5.69 Å². The summed E-state index contributed by atoms with van der Waals surface area (Å²) in [6.45, 7) is 5.85. The Morgan fingerprint density at radius 1 is 1.00 bits per heavy atom. The van der Waals surface area contributed by atoms with E-state index in [1.54, 1.807) is 0 Å². The molecule has 0 aliphatic carbocycles. The highest BCUT2D eigenvalue weighted by atomic mass is 14.9. The second-order valence-electron chi connectivity index (χ2n) is 4.99. The zero-order valence-corrected chi connectivity index (χ0v) is 11.8. The van der Waals surface area contributed by atoms with Crippen LogP contribution in [0.2, 0.25) is 0 Å². The van der Waals surface area contributed by atoms with E-state index < -0.39 is 0 Å². The summed E-state index contributed by atoms with van der Waals surface area (Å²) < 4.78 is 2.11. The van der Waals surface area contributed by atoms with Crippen molar-refractivity contribution in [3.8, 4) is 11.3 Å². The molecular formula is C18H17N2+. The van der Waals surface area contributed by atoms with Gasteiger partial charge in [0.15, 0.2) is 6.20 Å². The van der Waals surface area contributed by atoms with Crippen LogP contribution in [0.4, 0.5) is 5.69 Å². The molecule has 98 valence electrons. The third-order valence-corrected chi connectivity index (χ3v) is 3.70. The molecule has 0 saturated carbocycles. The third kappa shape index (κ3) is 1.90. The first-order chi connectivity index (χ1) is 9.72. The molecule has 0 aliphatic heterocycles. The van der Waals surface area contributed by atoms with Crippen LogP contribution in [0.15, 0.2) is 59.7 Å². The zero-order valence-electron chi connectivity index (χ0n) is 11.8. The number of benzene rings is 2. The van der Waals surface area contributed by atoms with Crippen molar-refractivity contribution in [2.75, 3.05) is 0 Å². The molecule has 2 nitrogen and oxygen atoms in total. The number of rotatable bonds is 2. The predicted octanol–water partition coefficient (Wildman–Crippen LogP) is 3.97. The maximum absolute atomic E-state index is 4.18. The summed E-state index contributed by atoms with van der Waals surface area (Å²) in [6, 6.07) is 16.8. The molecule has 0 saturated heterocycles. The number of hydrogen-bond donors (Lipinski definition) is 0. The Labute approximate surface area is 119 Å². The van der Waals surface area contributed by atoms with Gasteiger partial charge in [-0.3, -0.25) is 4.99 Å². The van der Waals surface area contributed by atoms with Gasteiger partial charge in [0, 0.05) is 6.07 Å². The van der Waals surface area contributed by atoms with Crippen molar-refractivity contribution in [3.63, 3.8) is 0 Å². The molecule has 2 heteroatoms. The second-order valence-corrected chi connectivity index (χ2v) is 4.99. The monoisotopic (exact) mass is 261 g/mol. The van der Waals surface area contributed by atoms with E-state index >= 15 is 0 Å². The van der Waals surface area contributed by atoms with E-state index in [4.69, 9.17) is 0 Å². The molecule has 1 heterocycles. The smallest absolute Gasteiger partial charge is 0.239 e. The molecule has 0 atom stereocenters. The van der Waals surface area contributed by atoms with E-state index in [1.807, 2.05) is 25.4 Å². The van der Waals surface area contributed by atoms with Crippen molar-refractivity contribution in [1.29, 1.82) is 0 Å². The molecule has 0 amide bonds. The second kappa shape index (κ2) is 4.89. The first-order valence-corrected chi connectivity index (χ1v) is 6.66. The van der Waals surface area contributed by atoms with E-state index in [1.165, 1.54) is 21.9 Å². The number of aromatic nitrogens is 1. The molecule has 0 fully saturated rings. The van der Waals surface area contributed by atoms with Gasteiger partial charge in [0.25, 0.3) is 0 Å². The van der Waals surface area contributed by atoms with Crippen LogP contribution in [0.5, 0.6) is 0 Å². The lowest BCUT2D eigenvalue weighted by molar-refractivity contribution is -0.659. The third-order valence-electron chi connectivity index (χ3n) is 3.70. The number of fused-ring (bicyclic) bond motifs is 1. The first-order valence-electron chi connectivity index (χ1n) is 6.66. The minimum Gasteiger partial charge on any atom is -0.258 e. The summed E-state index contributed by atoms with van der Waals surface area (Å²) in [5, 5.41) is 2.49. The highest BCUT2D eigenvalue weighted by Gasteiger charge is 2.19. The fourth-order valence-electron chi connectivity index (χ4n) is 2.72. The number of hydrogen-bond acceptors (Lipinski definition) is 1. The number of nitrogens with zero attached hydrogens (tertiary/aromatic N) is 2. The van der Waals surface area contributed by atoms with E-state index in [2.05, 4.69) is 59.6 Å². The zero-order chi connectivity index (χ0) is 14.1. The molecule has 0 unspecified atom stereocenters. The topological polar surface area (TPSA) is 16.2 Å². The SMILES string of the molecule is C=Nc1ccc[n+](C)c1-c1c(C)ccc2ccccc12. The van der Waals surface area contributed by atoms with Gasteiger partial charge < -0.3 is 0 Å². The normalized spacial score (nSPS) is 10.7. The number of pyridine rings is 1. The highest BCUT2D eigenvalue weighted by Crippen LogP contribution is 2.34. The molecule has 20 heavy (non-hydrogen) atoms. The molecule has 0 aliphatic rings. The van der Waals surface area contributed by atoms with Gasteiger partial charge in [0.05, 0.1) is 5.56 Å². The van der Waals surface area contributed by atoms with Gasteiger partial charge in [-0.2, -0.15) is 4.57 Å². The lowest BCUT2D eigenvalue weighted by Crippen LogP contribution is -2.30. The fourth-order valence-corrected chi connectivity index (χ4v) is 2.72. The van der Waals surface area contributed by atoms with Crippen LogP contribution in [0.3, 0.4) is 0 Å². The van der Waals surface area contributed by atoms with Crippen molar-refractivity contribution in [3.05, 3.63) is 60.3 Å². The highest BCUT2D eigenvalue weighted by molar-refractivity contribution is 5.98. The van der Waals surface area contributed by atoms with Crippen LogP contribution >= 0.6 is 0 Å². The molecule has 3 aromatic rings. The van der Waals surface area contributed by atoms with Gasteiger partial charge in [-0.1, -0.05) is 36.4 Å².